The molecular formula is C14H11F2N5. The van der Waals surface area contributed by atoms with E-state index in [1.54, 1.807) is 19.3 Å². The lowest BCUT2D eigenvalue weighted by molar-refractivity contribution is 0.588. The predicted molar refractivity (Wildman–Crippen MR) is 76.6 cm³/mol. The highest BCUT2D eigenvalue weighted by Gasteiger charge is 2.11. The van der Waals surface area contributed by atoms with Gasteiger partial charge in [-0.15, -0.1) is 0 Å². The van der Waals surface area contributed by atoms with Crippen molar-refractivity contribution in [3.63, 3.8) is 0 Å². The third kappa shape index (κ3) is 2.33. The number of benzene rings is 1. The fraction of sp³-hybridized carbons (Fsp3) is 0.0714. The molecule has 3 N–H and O–H groups in total. The number of nitrogens with two attached hydrogens (primary N) is 1. The summed E-state index contributed by atoms with van der Waals surface area (Å²) in [7, 11) is 1.70. The molecule has 7 heteroatoms. The zero-order valence-electron chi connectivity index (χ0n) is 11.1. The highest BCUT2D eigenvalue weighted by Crippen LogP contribution is 2.28. The Hall–Kier alpha value is -2.83. The van der Waals surface area contributed by atoms with Crippen molar-refractivity contribution in [2.24, 2.45) is 0 Å². The van der Waals surface area contributed by atoms with Crippen molar-refractivity contribution in [1.82, 2.24) is 15.0 Å². The number of nitrogens with zero attached hydrogens (tertiary/aromatic N) is 3. The second kappa shape index (κ2) is 4.93. The van der Waals surface area contributed by atoms with Crippen LogP contribution < -0.4 is 11.1 Å². The lowest BCUT2D eigenvalue weighted by Gasteiger charge is -2.07. The Morgan fingerprint density at radius 3 is 2.62 bits per heavy atom. The Morgan fingerprint density at radius 1 is 1.05 bits per heavy atom. The standard InChI is InChI=1S/C14H11F2N5/c1-18-14-20-6-8-2-7(5-19-13(8)21-14)9-3-12(17)11(16)4-10(9)15/h2-6H,17H2,1H3,(H,18,19,20,21). The van der Waals surface area contributed by atoms with Crippen LogP contribution in [0.15, 0.2) is 30.6 Å². The maximum Gasteiger partial charge on any atom is 0.224 e. The molecule has 5 nitrogen and oxygen atoms in total. The summed E-state index contributed by atoms with van der Waals surface area (Å²) >= 11 is 0. The van der Waals surface area contributed by atoms with Gasteiger partial charge in [0.2, 0.25) is 5.95 Å². The minimum atomic E-state index is -0.785. The Bertz CT molecular complexity index is 835. The van der Waals surface area contributed by atoms with Crippen LogP contribution in [-0.2, 0) is 0 Å². The van der Waals surface area contributed by atoms with E-state index in [0.29, 0.717) is 22.5 Å². The SMILES string of the molecule is CNc1ncc2cc(-c3cc(N)c(F)cc3F)cnc2n1. The molecule has 0 bridgehead atoms. The van der Waals surface area contributed by atoms with Gasteiger partial charge in [-0.2, -0.15) is 4.98 Å². The second-order valence-electron chi connectivity index (χ2n) is 4.43. The molecule has 0 spiro atoms. The molecule has 0 radical (unpaired) electrons. The molecule has 0 aliphatic rings. The number of anilines is 2. The van der Waals surface area contributed by atoms with Gasteiger partial charge in [0.25, 0.3) is 0 Å². The van der Waals surface area contributed by atoms with E-state index in [-0.39, 0.29) is 11.3 Å². The minimum absolute atomic E-state index is 0.117. The number of halogens is 2. The summed E-state index contributed by atoms with van der Waals surface area (Å²) in [6.07, 6.45) is 3.04. The average Bonchev–Trinajstić information content (AvgIpc) is 2.50. The first kappa shape index (κ1) is 13.2. The van der Waals surface area contributed by atoms with E-state index in [1.807, 2.05) is 0 Å². The Labute approximate surface area is 118 Å². The molecule has 2 aromatic heterocycles. The van der Waals surface area contributed by atoms with E-state index in [9.17, 15) is 8.78 Å². The number of hydrogen-bond donors (Lipinski definition) is 2. The monoisotopic (exact) mass is 287 g/mol. The smallest absolute Gasteiger partial charge is 0.224 e. The molecule has 0 aliphatic carbocycles. The van der Waals surface area contributed by atoms with Gasteiger partial charge in [0.15, 0.2) is 5.65 Å². The number of nitrogens with one attached hydrogen (secondary N) is 1. The van der Waals surface area contributed by atoms with E-state index < -0.39 is 11.6 Å². The average molecular weight is 287 g/mol. The van der Waals surface area contributed by atoms with Gasteiger partial charge >= 0.3 is 0 Å². The molecule has 0 amide bonds. The fourth-order valence-electron chi connectivity index (χ4n) is 1.98. The van der Waals surface area contributed by atoms with Gasteiger partial charge in [-0.05, 0) is 12.1 Å². The maximum atomic E-state index is 13.9. The lowest BCUT2D eigenvalue weighted by Crippen LogP contribution is -1.98. The molecule has 3 aromatic rings. The summed E-state index contributed by atoms with van der Waals surface area (Å²) in [5, 5.41) is 3.45. The van der Waals surface area contributed by atoms with Crippen LogP contribution in [-0.4, -0.2) is 22.0 Å². The summed E-state index contributed by atoms with van der Waals surface area (Å²) in [5.74, 6) is -1.04. The van der Waals surface area contributed by atoms with Crippen LogP contribution in [0.25, 0.3) is 22.2 Å². The number of rotatable bonds is 2. The van der Waals surface area contributed by atoms with Gasteiger partial charge in [-0.25, -0.2) is 18.7 Å². The molecule has 1 aromatic carbocycles. The van der Waals surface area contributed by atoms with Crippen LogP contribution in [0, 0.1) is 11.6 Å². The van der Waals surface area contributed by atoms with Gasteiger partial charge < -0.3 is 11.1 Å². The summed E-state index contributed by atoms with van der Waals surface area (Å²) in [4.78, 5) is 12.4. The summed E-state index contributed by atoms with van der Waals surface area (Å²) in [5.41, 5.74) is 6.51. The zero-order chi connectivity index (χ0) is 15.0. The Morgan fingerprint density at radius 2 is 1.86 bits per heavy atom. The largest absolute Gasteiger partial charge is 0.396 e. The summed E-state index contributed by atoms with van der Waals surface area (Å²) in [6, 6.07) is 3.68. The van der Waals surface area contributed by atoms with Crippen molar-refractivity contribution in [3.05, 3.63) is 42.2 Å². The van der Waals surface area contributed by atoms with Crippen molar-refractivity contribution < 1.29 is 8.78 Å². The van der Waals surface area contributed by atoms with Gasteiger partial charge in [-0.1, -0.05) is 0 Å². The number of pyridine rings is 1. The van der Waals surface area contributed by atoms with E-state index >= 15 is 0 Å². The Balaban J connectivity index is 2.15. The molecule has 0 unspecified atom stereocenters. The quantitative estimate of drug-likeness (QED) is 0.708. The van der Waals surface area contributed by atoms with Gasteiger partial charge in [-0.3, -0.25) is 0 Å². The van der Waals surface area contributed by atoms with Gasteiger partial charge in [0, 0.05) is 42.0 Å². The lowest BCUT2D eigenvalue weighted by atomic mass is 10.1. The van der Waals surface area contributed by atoms with E-state index in [0.717, 1.165) is 6.07 Å². The van der Waals surface area contributed by atoms with E-state index in [2.05, 4.69) is 20.3 Å². The molecule has 3 rings (SSSR count). The third-order valence-corrected chi connectivity index (χ3v) is 3.05. The highest BCUT2D eigenvalue weighted by atomic mass is 19.1. The molecular weight excluding hydrogens is 276 g/mol. The van der Waals surface area contributed by atoms with Crippen LogP contribution >= 0.6 is 0 Å². The number of hydrogen-bond acceptors (Lipinski definition) is 5. The van der Waals surface area contributed by atoms with Crippen molar-refractivity contribution in [2.75, 3.05) is 18.1 Å². The fourth-order valence-corrected chi connectivity index (χ4v) is 1.98. The molecule has 0 atom stereocenters. The predicted octanol–water partition coefficient (Wildman–Crippen LogP) is 2.59. The molecule has 21 heavy (non-hydrogen) atoms. The van der Waals surface area contributed by atoms with Gasteiger partial charge in [0.05, 0.1) is 5.69 Å². The van der Waals surface area contributed by atoms with Crippen LogP contribution in [0.3, 0.4) is 0 Å². The summed E-state index contributed by atoms with van der Waals surface area (Å²) in [6.45, 7) is 0. The highest BCUT2D eigenvalue weighted by molar-refractivity contribution is 5.81. The van der Waals surface area contributed by atoms with Crippen molar-refractivity contribution >= 4 is 22.7 Å². The van der Waals surface area contributed by atoms with Crippen LogP contribution in [0.2, 0.25) is 0 Å². The van der Waals surface area contributed by atoms with Crippen LogP contribution in [0.5, 0.6) is 0 Å². The maximum absolute atomic E-state index is 13.9. The van der Waals surface area contributed by atoms with Gasteiger partial charge in [0.1, 0.15) is 11.6 Å². The second-order valence-corrected chi connectivity index (χ2v) is 4.43. The zero-order valence-corrected chi connectivity index (χ0v) is 11.1. The number of aromatic nitrogens is 3. The normalized spacial score (nSPS) is 10.8. The van der Waals surface area contributed by atoms with Crippen LogP contribution in [0.1, 0.15) is 0 Å². The molecule has 0 saturated carbocycles. The minimum Gasteiger partial charge on any atom is -0.396 e. The molecule has 0 fully saturated rings. The molecule has 0 saturated heterocycles. The molecule has 0 aliphatic heterocycles. The number of nitrogen functional groups attached to an aromatic ring is 1. The van der Waals surface area contributed by atoms with Crippen molar-refractivity contribution in [1.29, 1.82) is 0 Å². The number of fused-ring (bicyclic) bond motifs is 1. The van der Waals surface area contributed by atoms with Crippen molar-refractivity contribution in [3.8, 4) is 11.1 Å². The van der Waals surface area contributed by atoms with E-state index in [1.165, 1.54) is 12.3 Å². The first-order valence-corrected chi connectivity index (χ1v) is 6.14. The Kier molecular flexibility index (Phi) is 3.09. The third-order valence-electron chi connectivity index (χ3n) is 3.05. The molecule has 106 valence electrons. The first-order chi connectivity index (χ1) is 10.1. The molecule has 2 heterocycles. The first-order valence-electron chi connectivity index (χ1n) is 6.14. The van der Waals surface area contributed by atoms with Crippen molar-refractivity contribution in [2.45, 2.75) is 0 Å². The van der Waals surface area contributed by atoms with E-state index in [4.69, 9.17) is 5.73 Å². The summed E-state index contributed by atoms with van der Waals surface area (Å²) < 4.78 is 27.1. The topological polar surface area (TPSA) is 76.7 Å². The van der Waals surface area contributed by atoms with Crippen LogP contribution in [0.4, 0.5) is 20.4 Å².